The fraction of sp³-hybridized carbons (Fsp3) is 0.143. The average molecular weight is 214 g/mol. The van der Waals surface area contributed by atoms with E-state index in [1.54, 1.807) is 7.11 Å². The Hall–Kier alpha value is -1.80. The summed E-state index contributed by atoms with van der Waals surface area (Å²) < 4.78 is 5.35. The molecule has 0 amide bonds. The molecule has 0 aliphatic carbocycles. The van der Waals surface area contributed by atoms with Crippen molar-refractivity contribution in [3.05, 3.63) is 65.7 Å². The molecule has 0 aromatic heterocycles. The first-order chi connectivity index (χ1) is 7.83. The van der Waals surface area contributed by atoms with Gasteiger partial charge in [0.25, 0.3) is 0 Å². The van der Waals surface area contributed by atoms with Crippen LogP contribution in [0.25, 0.3) is 0 Å². The minimum Gasteiger partial charge on any atom is -0.496 e. The van der Waals surface area contributed by atoms with E-state index >= 15 is 0 Å². The van der Waals surface area contributed by atoms with E-state index < -0.39 is 0 Å². The molecule has 0 unspecified atom stereocenters. The van der Waals surface area contributed by atoms with E-state index in [4.69, 9.17) is 4.74 Å². The van der Waals surface area contributed by atoms with Crippen LogP contribution in [0.5, 0.6) is 5.75 Å². The minimum absolute atomic E-state index is 0.109. The summed E-state index contributed by atoms with van der Waals surface area (Å²) in [4.78, 5) is 0. The highest BCUT2D eigenvalue weighted by atomic mass is 16.5. The normalized spacial score (nSPS) is 12.1. The average Bonchev–Trinajstić information content (AvgIpc) is 2.39. The minimum atomic E-state index is 0.109. The third-order valence-corrected chi connectivity index (χ3v) is 2.72. The van der Waals surface area contributed by atoms with Crippen molar-refractivity contribution in [3.8, 4) is 5.75 Å². The smallest absolute Gasteiger partial charge is 0.139 e. The van der Waals surface area contributed by atoms with E-state index in [0.29, 0.717) is 0 Å². The molecule has 0 saturated heterocycles. The Morgan fingerprint density at radius 2 is 1.56 bits per heavy atom. The molecule has 3 N–H and O–H groups in total. The number of quaternary nitrogens is 1. The first-order valence-corrected chi connectivity index (χ1v) is 5.34. The predicted octanol–water partition coefficient (Wildman–Crippen LogP) is 2.03. The Morgan fingerprint density at radius 1 is 0.938 bits per heavy atom. The molecule has 0 saturated carbocycles. The Morgan fingerprint density at radius 3 is 2.25 bits per heavy atom. The lowest BCUT2D eigenvalue weighted by atomic mass is 9.99. The highest BCUT2D eigenvalue weighted by Crippen LogP contribution is 2.26. The van der Waals surface area contributed by atoms with Crippen molar-refractivity contribution >= 4 is 0 Å². The van der Waals surface area contributed by atoms with Crippen molar-refractivity contribution in [1.82, 2.24) is 0 Å². The Balaban J connectivity index is 2.37. The van der Waals surface area contributed by atoms with Gasteiger partial charge in [0.1, 0.15) is 11.8 Å². The third-order valence-electron chi connectivity index (χ3n) is 2.72. The number of hydrogen-bond acceptors (Lipinski definition) is 1. The van der Waals surface area contributed by atoms with Gasteiger partial charge in [0.2, 0.25) is 0 Å². The highest BCUT2D eigenvalue weighted by Gasteiger charge is 2.15. The van der Waals surface area contributed by atoms with Crippen molar-refractivity contribution in [3.63, 3.8) is 0 Å². The number of benzene rings is 2. The molecule has 0 bridgehead atoms. The molecule has 2 heteroatoms. The second-order valence-corrected chi connectivity index (χ2v) is 3.71. The van der Waals surface area contributed by atoms with Crippen LogP contribution in [0.2, 0.25) is 0 Å². The molecular weight excluding hydrogens is 198 g/mol. The van der Waals surface area contributed by atoms with E-state index in [2.05, 4.69) is 23.9 Å². The SMILES string of the molecule is COc1ccccc1[C@H]([NH3+])c1ccccc1. The number of rotatable bonds is 3. The van der Waals surface area contributed by atoms with Crippen LogP contribution in [0.3, 0.4) is 0 Å². The third kappa shape index (κ3) is 2.07. The van der Waals surface area contributed by atoms with Gasteiger partial charge in [-0.2, -0.15) is 0 Å². The Kier molecular flexibility index (Phi) is 3.22. The maximum absolute atomic E-state index is 5.35. The summed E-state index contributed by atoms with van der Waals surface area (Å²) in [7, 11) is 1.69. The molecular formula is C14H16NO+. The molecule has 16 heavy (non-hydrogen) atoms. The molecule has 2 nitrogen and oxygen atoms in total. The van der Waals surface area contributed by atoms with Crippen LogP contribution in [0.1, 0.15) is 17.2 Å². The molecule has 0 aliphatic heterocycles. The molecule has 2 rings (SSSR count). The first-order valence-electron chi connectivity index (χ1n) is 5.34. The number of para-hydroxylation sites is 1. The summed E-state index contributed by atoms with van der Waals surface area (Å²) in [6.45, 7) is 0. The molecule has 0 spiro atoms. The van der Waals surface area contributed by atoms with Crippen molar-refractivity contribution in [2.45, 2.75) is 6.04 Å². The molecule has 2 aromatic rings. The van der Waals surface area contributed by atoms with Crippen LogP contribution in [-0.2, 0) is 0 Å². The van der Waals surface area contributed by atoms with E-state index in [1.807, 2.05) is 36.4 Å². The van der Waals surface area contributed by atoms with Gasteiger partial charge < -0.3 is 10.5 Å². The van der Waals surface area contributed by atoms with Crippen LogP contribution in [0.15, 0.2) is 54.6 Å². The Bertz CT molecular complexity index is 453. The molecule has 0 aliphatic rings. The highest BCUT2D eigenvalue weighted by molar-refractivity contribution is 5.39. The molecule has 2 aromatic carbocycles. The predicted molar refractivity (Wildman–Crippen MR) is 64.2 cm³/mol. The summed E-state index contributed by atoms with van der Waals surface area (Å²) in [5, 5.41) is 0. The van der Waals surface area contributed by atoms with Gasteiger partial charge in [-0.05, 0) is 12.1 Å². The monoisotopic (exact) mass is 214 g/mol. The zero-order valence-corrected chi connectivity index (χ0v) is 9.39. The quantitative estimate of drug-likeness (QED) is 0.834. The lowest BCUT2D eigenvalue weighted by molar-refractivity contribution is -0.411. The summed E-state index contributed by atoms with van der Waals surface area (Å²) in [5.74, 6) is 0.895. The summed E-state index contributed by atoms with van der Waals surface area (Å²) >= 11 is 0. The van der Waals surface area contributed by atoms with Crippen molar-refractivity contribution in [2.24, 2.45) is 0 Å². The van der Waals surface area contributed by atoms with Crippen LogP contribution in [0, 0.1) is 0 Å². The molecule has 82 valence electrons. The van der Waals surface area contributed by atoms with E-state index in [0.717, 1.165) is 11.3 Å². The largest absolute Gasteiger partial charge is 0.496 e. The van der Waals surface area contributed by atoms with E-state index in [-0.39, 0.29) is 6.04 Å². The van der Waals surface area contributed by atoms with E-state index in [9.17, 15) is 0 Å². The van der Waals surface area contributed by atoms with Crippen LogP contribution >= 0.6 is 0 Å². The fourth-order valence-electron chi connectivity index (χ4n) is 1.82. The van der Waals surface area contributed by atoms with Gasteiger partial charge in [0.15, 0.2) is 0 Å². The zero-order chi connectivity index (χ0) is 11.4. The molecule has 0 fully saturated rings. The topological polar surface area (TPSA) is 36.9 Å². The van der Waals surface area contributed by atoms with Gasteiger partial charge in [0.05, 0.1) is 12.7 Å². The van der Waals surface area contributed by atoms with Gasteiger partial charge in [-0.15, -0.1) is 0 Å². The fourth-order valence-corrected chi connectivity index (χ4v) is 1.82. The van der Waals surface area contributed by atoms with Gasteiger partial charge in [-0.25, -0.2) is 0 Å². The second kappa shape index (κ2) is 4.81. The van der Waals surface area contributed by atoms with Gasteiger partial charge in [-0.1, -0.05) is 42.5 Å². The summed E-state index contributed by atoms with van der Waals surface area (Å²) in [6, 6.07) is 18.4. The summed E-state index contributed by atoms with van der Waals surface area (Å²) in [5.41, 5.74) is 6.53. The van der Waals surface area contributed by atoms with Crippen LogP contribution in [-0.4, -0.2) is 7.11 Å². The maximum atomic E-state index is 5.35. The molecule has 0 heterocycles. The molecule has 0 radical (unpaired) electrons. The standard InChI is InChI=1S/C14H15NO/c1-16-13-10-6-5-9-12(13)14(15)11-7-3-2-4-8-11/h2-10,14H,15H2,1H3/p+1/t14-/m1/s1. The van der Waals surface area contributed by atoms with Crippen LogP contribution in [0.4, 0.5) is 0 Å². The first kappa shape index (κ1) is 10.7. The van der Waals surface area contributed by atoms with Crippen molar-refractivity contribution in [2.75, 3.05) is 7.11 Å². The lowest BCUT2D eigenvalue weighted by Crippen LogP contribution is -2.54. The zero-order valence-electron chi connectivity index (χ0n) is 9.39. The lowest BCUT2D eigenvalue weighted by Gasteiger charge is -2.12. The van der Waals surface area contributed by atoms with Crippen LogP contribution < -0.4 is 10.5 Å². The molecule has 1 atom stereocenters. The van der Waals surface area contributed by atoms with Gasteiger partial charge >= 0.3 is 0 Å². The number of hydrogen-bond donors (Lipinski definition) is 1. The van der Waals surface area contributed by atoms with Gasteiger partial charge in [-0.3, -0.25) is 0 Å². The van der Waals surface area contributed by atoms with Gasteiger partial charge in [0, 0.05) is 5.56 Å². The maximum Gasteiger partial charge on any atom is 0.139 e. The van der Waals surface area contributed by atoms with Crippen molar-refractivity contribution < 1.29 is 10.5 Å². The Labute approximate surface area is 95.7 Å². The van der Waals surface area contributed by atoms with E-state index in [1.165, 1.54) is 5.56 Å². The van der Waals surface area contributed by atoms with Crippen molar-refractivity contribution in [1.29, 1.82) is 0 Å². The number of methoxy groups -OCH3 is 1. The summed E-state index contributed by atoms with van der Waals surface area (Å²) in [6.07, 6.45) is 0. The number of ether oxygens (including phenoxy) is 1. The second-order valence-electron chi connectivity index (χ2n) is 3.71.